The van der Waals surface area contributed by atoms with Crippen molar-refractivity contribution >= 4 is 40.0 Å². The van der Waals surface area contributed by atoms with Gasteiger partial charge in [0.1, 0.15) is 34.5 Å². The van der Waals surface area contributed by atoms with E-state index in [1.807, 2.05) is 19.9 Å². The number of piperazine rings is 1. The number of fused-ring (bicyclic) bond motifs is 1. The van der Waals surface area contributed by atoms with E-state index in [1.54, 1.807) is 30.6 Å². The number of carbonyl (C=O) groups excluding carboxylic acids is 2. The third kappa shape index (κ3) is 6.66. The molecule has 4 aromatic rings. The Bertz CT molecular complexity index is 1730. The zero-order valence-corrected chi connectivity index (χ0v) is 25.6. The molecular weight excluding hydrogens is 591 g/mol. The second kappa shape index (κ2) is 14.0. The standard InChI is InChI=1S/C31H29FN8O4.C2H6.H2/c32-20-1-3-21(4-2-20)40-31(42)24(7-10-36-40)30(41)37-28-6-5-23(16-34-28)44-27-8-9-33-26-17-35-29(15-25(26)27)39-13-11-38(12-14-39)22-18-43-19-22;1-2;/h1-9,15-17,22,36H,10-14,18-19H2,(H,34,37,41);1-2H3;1H. The van der Waals surface area contributed by atoms with Gasteiger partial charge in [-0.25, -0.2) is 24.8 Å². The molecule has 3 aromatic heterocycles. The van der Waals surface area contributed by atoms with Crippen LogP contribution in [0.15, 0.2) is 78.8 Å². The van der Waals surface area contributed by atoms with Gasteiger partial charge >= 0.3 is 0 Å². The molecule has 7 rings (SSSR count). The van der Waals surface area contributed by atoms with Crippen molar-refractivity contribution in [2.24, 2.45) is 0 Å². The summed E-state index contributed by atoms with van der Waals surface area (Å²) in [6.07, 6.45) is 6.42. The second-order valence-corrected chi connectivity index (χ2v) is 10.6. The first kappa shape index (κ1) is 31.0. The molecule has 12 nitrogen and oxygen atoms in total. The molecule has 46 heavy (non-hydrogen) atoms. The van der Waals surface area contributed by atoms with Crippen molar-refractivity contribution in [1.29, 1.82) is 0 Å². The highest BCUT2D eigenvalue weighted by Gasteiger charge is 2.30. The highest BCUT2D eigenvalue weighted by molar-refractivity contribution is 6.27. The first-order valence-corrected chi connectivity index (χ1v) is 15.3. The number of nitrogens with zero attached hydrogens (tertiary/aromatic N) is 6. The van der Waals surface area contributed by atoms with Gasteiger partial charge in [-0.3, -0.25) is 19.5 Å². The summed E-state index contributed by atoms with van der Waals surface area (Å²) < 4.78 is 24.8. The molecule has 240 valence electrons. The molecular formula is C33H37FN8O4. The number of aromatic nitrogens is 3. The average molecular weight is 629 g/mol. The second-order valence-electron chi connectivity index (χ2n) is 10.6. The Balaban J connectivity index is 0.00000142. The van der Waals surface area contributed by atoms with Crippen LogP contribution in [0.3, 0.4) is 0 Å². The number of nitrogens with one attached hydrogen (secondary N) is 2. The number of hydrogen-bond acceptors (Lipinski definition) is 10. The largest absolute Gasteiger partial charge is 0.455 e. The molecule has 3 aliphatic rings. The van der Waals surface area contributed by atoms with E-state index in [4.69, 9.17) is 9.47 Å². The predicted molar refractivity (Wildman–Crippen MR) is 174 cm³/mol. The van der Waals surface area contributed by atoms with Crippen molar-refractivity contribution in [3.63, 3.8) is 0 Å². The van der Waals surface area contributed by atoms with Crippen LogP contribution in [-0.2, 0) is 14.3 Å². The Morgan fingerprint density at radius 1 is 1.02 bits per heavy atom. The SMILES string of the molecule is CC.O=C(Nc1ccc(Oc2ccnc3cnc(N4CCN(C5COC5)CC4)cc23)cn1)C1=CCNN(c2ccc(F)cc2)C1=O.[HH]. The summed E-state index contributed by atoms with van der Waals surface area (Å²) in [7, 11) is 0. The highest BCUT2D eigenvalue weighted by atomic mass is 19.1. The van der Waals surface area contributed by atoms with E-state index < -0.39 is 17.6 Å². The van der Waals surface area contributed by atoms with E-state index in [0.717, 1.165) is 50.6 Å². The molecule has 0 bridgehead atoms. The molecule has 0 atom stereocenters. The number of benzene rings is 1. The molecule has 0 aliphatic carbocycles. The van der Waals surface area contributed by atoms with E-state index >= 15 is 0 Å². The number of hydrogen-bond donors (Lipinski definition) is 2. The monoisotopic (exact) mass is 628 g/mol. The van der Waals surface area contributed by atoms with Crippen molar-refractivity contribution in [3.05, 3.63) is 84.6 Å². The maximum atomic E-state index is 13.3. The Labute approximate surface area is 267 Å². The fourth-order valence-electron chi connectivity index (χ4n) is 5.36. The number of ether oxygens (including phenoxy) is 2. The van der Waals surface area contributed by atoms with Crippen LogP contribution < -0.4 is 25.4 Å². The quantitative estimate of drug-likeness (QED) is 0.288. The summed E-state index contributed by atoms with van der Waals surface area (Å²) in [6.45, 7) is 9.57. The third-order valence-electron chi connectivity index (χ3n) is 7.87. The minimum absolute atomic E-state index is 0. The number of amides is 2. The van der Waals surface area contributed by atoms with Crippen LogP contribution in [0.5, 0.6) is 11.5 Å². The van der Waals surface area contributed by atoms with Gasteiger partial charge in [-0.05, 0) is 48.5 Å². The molecule has 0 radical (unpaired) electrons. The van der Waals surface area contributed by atoms with Gasteiger partial charge < -0.3 is 19.7 Å². The van der Waals surface area contributed by atoms with Gasteiger partial charge in [0.25, 0.3) is 11.8 Å². The fourth-order valence-corrected chi connectivity index (χ4v) is 5.36. The Morgan fingerprint density at radius 3 is 2.50 bits per heavy atom. The lowest BCUT2D eigenvalue weighted by Gasteiger charge is -2.42. The van der Waals surface area contributed by atoms with Gasteiger partial charge in [-0.2, -0.15) is 0 Å². The van der Waals surface area contributed by atoms with Crippen LogP contribution in [0, 0.1) is 5.82 Å². The zero-order chi connectivity index (χ0) is 32.0. The lowest BCUT2D eigenvalue weighted by atomic mass is 10.1. The molecule has 0 saturated carbocycles. The lowest BCUT2D eigenvalue weighted by Crippen LogP contribution is -2.56. The van der Waals surface area contributed by atoms with Crippen LogP contribution in [0.2, 0.25) is 0 Å². The molecule has 13 heteroatoms. The first-order chi connectivity index (χ1) is 22.5. The van der Waals surface area contributed by atoms with Gasteiger partial charge in [0, 0.05) is 45.7 Å². The third-order valence-corrected chi connectivity index (χ3v) is 7.87. The molecule has 0 spiro atoms. The molecule has 6 heterocycles. The number of rotatable bonds is 7. The van der Waals surface area contributed by atoms with E-state index in [9.17, 15) is 14.0 Å². The number of carbonyl (C=O) groups is 2. The lowest BCUT2D eigenvalue weighted by molar-refractivity contribution is -0.120. The van der Waals surface area contributed by atoms with Gasteiger partial charge in [0.2, 0.25) is 0 Å². The summed E-state index contributed by atoms with van der Waals surface area (Å²) in [5.41, 5.74) is 3.96. The summed E-state index contributed by atoms with van der Waals surface area (Å²) in [4.78, 5) is 44.1. The van der Waals surface area contributed by atoms with Gasteiger partial charge in [-0.15, -0.1) is 0 Å². The van der Waals surface area contributed by atoms with E-state index in [1.165, 1.54) is 41.5 Å². The average Bonchev–Trinajstić information content (AvgIpc) is 3.07. The Kier molecular flexibility index (Phi) is 9.43. The molecule has 0 unspecified atom stereocenters. The molecule has 2 saturated heterocycles. The maximum absolute atomic E-state index is 13.3. The molecule has 1 aromatic carbocycles. The minimum atomic E-state index is -0.605. The summed E-state index contributed by atoms with van der Waals surface area (Å²) in [5.74, 6) is 0.602. The molecule has 2 N–H and O–H groups in total. The summed E-state index contributed by atoms with van der Waals surface area (Å²) >= 11 is 0. The zero-order valence-electron chi connectivity index (χ0n) is 25.6. The van der Waals surface area contributed by atoms with Crippen LogP contribution in [0.1, 0.15) is 15.3 Å². The van der Waals surface area contributed by atoms with Crippen molar-refractivity contribution in [2.75, 3.05) is 61.2 Å². The van der Waals surface area contributed by atoms with E-state index in [-0.39, 0.29) is 19.4 Å². The molecule has 2 amide bonds. The van der Waals surface area contributed by atoms with Crippen LogP contribution in [0.4, 0.5) is 21.7 Å². The normalized spacial score (nSPS) is 17.1. The summed E-state index contributed by atoms with van der Waals surface area (Å²) in [6, 6.07) is 13.0. The van der Waals surface area contributed by atoms with Gasteiger partial charge in [0.05, 0.1) is 42.9 Å². The Morgan fingerprint density at radius 2 is 1.80 bits per heavy atom. The highest BCUT2D eigenvalue weighted by Crippen LogP contribution is 2.31. The Hall–Kier alpha value is -4.98. The van der Waals surface area contributed by atoms with Crippen molar-refractivity contribution < 1.29 is 24.9 Å². The molecule has 3 aliphatic heterocycles. The van der Waals surface area contributed by atoms with Gasteiger partial charge in [-0.1, -0.05) is 19.9 Å². The number of pyridine rings is 3. The van der Waals surface area contributed by atoms with Crippen LogP contribution >= 0.6 is 0 Å². The summed E-state index contributed by atoms with van der Waals surface area (Å²) in [5, 5.41) is 4.70. The van der Waals surface area contributed by atoms with Crippen molar-refractivity contribution in [2.45, 2.75) is 19.9 Å². The number of anilines is 3. The van der Waals surface area contributed by atoms with E-state index in [2.05, 4.69) is 35.5 Å². The first-order valence-electron chi connectivity index (χ1n) is 15.3. The topological polar surface area (TPSA) is 125 Å². The van der Waals surface area contributed by atoms with Crippen LogP contribution in [-0.4, -0.2) is 83.6 Å². The van der Waals surface area contributed by atoms with Crippen LogP contribution in [0.25, 0.3) is 10.9 Å². The molecule has 2 fully saturated rings. The predicted octanol–water partition coefficient (Wildman–Crippen LogP) is 4.17. The van der Waals surface area contributed by atoms with E-state index in [0.29, 0.717) is 28.7 Å². The van der Waals surface area contributed by atoms with Gasteiger partial charge in [0.15, 0.2) is 0 Å². The van der Waals surface area contributed by atoms with Crippen molar-refractivity contribution in [3.8, 4) is 11.5 Å². The smallest absolute Gasteiger partial charge is 0.277 e. The number of halogens is 1. The number of hydrazine groups is 1. The maximum Gasteiger partial charge on any atom is 0.277 e. The minimum Gasteiger partial charge on any atom is -0.455 e. The fraction of sp³-hybridized carbons (Fsp3) is 0.303. The van der Waals surface area contributed by atoms with Crippen molar-refractivity contribution in [1.82, 2.24) is 25.3 Å².